The van der Waals surface area contributed by atoms with Crippen LogP contribution in [-0.2, 0) is 16.5 Å². The van der Waals surface area contributed by atoms with Crippen molar-refractivity contribution < 1.29 is 4.74 Å². The first kappa shape index (κ1) is 19.6. The molecule has 0 saturated carbocycles. The van der Waals surface area contributed by atoms with Gasteiger partial charge in [-0.05, 0) is 6.16 Å². The van der Waals surface area contributed by atoms with Gasteiger partial charge in [-0.3, -0.25) is 0 Å². The Balaban J connectivity index is 2.37. The molecule has 8 heteroatoms. The maximum Gasteiger partial charge on any atom is 0.137 e. The summed E-state index contributed by atoms with van der Waals surface area (Å²) in [5.74, 6) is 0. The lowest BCUT2D eigenvalue weighted by Crippen LogP contribution is -2.38. The standard InChI is InChI=1S/C12H24NOPS5/c1-5-15(17,20-12(2,3)4)19-10-18-11(16)13-6-8-14-9-7-13/h5-10H2,1-4H3. The van der Waals surface area contributed by atoms with E-state index in [4.69, 9.17) is 28.8 Å². The minimum absolute atomic E-state index is 0.244. The van der Waals surface area contributed by atoms with E-state index in [9.17, 15) is 0 Å². The molecule has 0 amide bonds. The average Bonchev–Trinajstić information content (AvgIpc) is 2.37. The first-order valence-electron chi connectivity index (χ1n) is 6.69. The highest BCUT2D eigenvalue weighted by Crippen LogP contribution is 2.72. The lowest BCUT2D eigenvalue weighted by Gasteiger charge is -2.30. The van der Waals surface area contributed by atoms with Gasteiger partial charge in [0.05, 0.1) is 22.7 Å². The molecule has 0 aromatic heterocycles. The average molecular weight is 390 g/mol. The summed E-state index contributed by atoms with van der Waals surface area (Å²) in [7, 11) is 0. The number of thiocarbonyl (C=S) groups is 1. The molecule has 1 unspecified atom stereocenters. The Morgan fingerprint density at radius 2 is 1.90 bits per heavy atom. The molecule has 0 spiro atoms. The second kappa shape index (κ2) is 8.99. The predicted octanol–water partition coefficient (Wildman–Crippen LogP) is 4.89. The molecule has 1 atom stereocenters. The van der Waals surface area contributed by atoms with Crippen LogP contribution in [0, 0.1) is 0 Å². The van der Waals surface area contributed by atoms with Crippen LogP contribution >= 0.6 is 51.2 Å². The van der Waals surface area contributed by atoms with Crippen molar-refractivity contribution in [1.82, 2.24) is 4.90 Å². The van der Waals surface area contributed by atoms with Crippen molar-refractivity contribution in [3.63, 3.8) is 0 Å². The van der Waals surface area contributed by atoms with E-state index in [0.29, 0.717) is 0 Å². The minimum Gasteiger partial charge on any atom is -0.378 e. The fourth-order valence-corrected chi connectivity index (χ4v) is 17.4. The zero-order valence-corrected chi connectivity index (χ0v) is 17.6. The number of hydrogen-bond donors (Lipinski definition) is 0. The largest absolute Gasteiger partial charge is 0.378 e. The van der Waals surface area contributed by atoms with Gasteiger partial charge in [-0.2, -0.15) is 0 Å². The van der Waals surface area contributed by atoms with Gasteiger partial charge in [0, 0.05) is 17.8 Å². The first-order valence-corrected chi connectivity index (χ1v) is 14.1. The molecule has 2 nitrogen and oxygen atoms in total. The smallest absolute Gasteiger partial charge is 0.137 e. The number of hydrogen-bond acceptors (Lipinski definition) is 6. The molecule has 0 radical (unpaired) electrons. The molecule has 1 aliphatic rings. The van der Waals surface area contributed by atoms with Gasteiger partial charge in [0.15, 0.2) is 0 Å². The summed E-state index contributed by atoms with van der Waals surface area (Å²) in [6, 6.07) is 0. The van der Waals surface area contributed by atoms with E-state index in [1.165, 1.54) is 0 Å². The first-order chi connectivity index (χ1) is 9.26. The van der Waals surface area contributed by atoms with Crippen LogP contribution in [0.3, 0.4) is 0 Å². The Morgan fingerprint density at radius 1 is 1.30 bits per heavy atom. The quantitative estimate of drug-likeness (QED) is 0.372. The van der Waals surface area contributed by atoms with E-state index < -0.39 is 4.44 Å². The highest BCUT2D eigenvalue weighted by atomic mass is 33.2. The third-order valence-corrected chi connectivity index (χ3v) is 16.7. The monoisotopic (exact) mass is 389 g/mol. The Kier molecular flexibility index (Phi) is 8.81. The third kappa shape index (κ3) is 7.70. The zero-order chi connectivity index (χ0) is 15.2. The maximum absolute atomic E-state index is 5.91. The maximum atomic E-state index is 5.91. The van der Waals surface area contributed by atoms with Crippen LogP contribution < -0.4 is 0 Å². The van der Waals surface area contributed by atoms with Crippen LogP contribution in [0.25, 0.3) is 0 Å². The Hall–Kier alpha value is 1.55. The zero-order valence-electron chi connectivity index (χ0n) is 12.6. The number of thioether (sulfide) groups is 1. The summed E-state index contributed by atoms with van der Waals surface area (Å²) in [6.45, 7) is 12.4. The molecular weight excluding hydrogens is 365 g/mol. The summed E-state index contributed by atoms with van der Waals surface area (Å²) in [6.07, 6.45) is 1.10. The molecule has 0 aromatic carbocycles. The predicted molar refractivity (Wildman–Crippen MR) is 107 cm³/mol. The molecule has 20 heavy (non-hydrogen) atoms. The summed E-state index contributed by atoms with van der Waals surface area (Å²) in [5.41, 5.74) is 0. The van der Waals surface area contributed by atoms with Gasteiger partial charge < -0.3 is 9.64 Å². The molecule has 0 N–H and O–H groups in total. The van der Waals surface area contributed by atoms with Crippen LogP contribution in [0.4, 0.5) is 0 Å². The van der Waals surface area contributed by atoms with E-state index in [1.807, 2.05) is 22.8 Å². The lowest BCUT2D eigenvalue weighted by molar-refractivity contribution is 0.0702. The van der Waals surface area contributed by atoms with Crippen molar-refractivity contribution in [3.8, 4) is 0 Å². The van der Waals surface area contributed by atoms with Crippen molar-refractivity contribution in [2.24, 2.45) is 0 Å². The van der Waals surface area contributed by atoms with Gasteiger partial charge in [0.2, 0.25) is 0 Å². The van der Waals surface area contributed by atoms with E-state index >= 15 is 0 Å². The molecular formula is C12H24NOPS5. The Morgan fingerprint density at radius 3 is 2.40 bits per heavy atom. The van der Waals surface area contributed by atoms with Crippen LogP contribution in [0.2, 0.25) is 0 Å². The van der Waals surface area contributed by atoms with Gasteiger partial charge in [0.1, 0.15) is 4.32 Å². The number of nitrogens with zero attached hydrogens (tertiary/aromatic N) is 1. The highest BCUT2D eigenvalue weighted by molar-refractivity contribution is 9.01. The fraction of sp³-hybridized carbons (Fsp3) is 0.917. The lowest BCUT2D eigenvalue weighted by atomic mass is 10.3. The van der Waals surface area contributed by atoms with Crippen molar-refractivity contribution >= 4 is 67.3 Å². The Labute approximate surface area is 146 Å². The second-order valence-electron chi connectivity index (χ2n) is 5.39. The van der Waals surface area contributed by atoms with Crippen LogP contribution in [-0.4, -0.2) is 51.5 Å². The molecule has 1 fully saturated rings. The summed E-state index contributed by atoms with van der Waals surface area (Å²) in [4.78, 5) is 2.25. The van der Waals surface area contributed by atoms with Crippen molar-refractivity contribution in [2.75, 3.05) is 37.6 Å². The third-order valence-electron chi connectivity index (χ3n) is 2.50. The van der Waals surface area contributed by atoms with Crippen molar-refractivity contribution in [1.29, 1.82) is 0 Å². The molecule has 0 bridgehead atoms. The van der Waals surface area contributed by atoms with E-state index in [1.54, 1.807) is 11.8 Å². The fourth-order valence-electron chi connectivity index (χ4n) is 1.59. The van der Waals surface area contributed by atoms with Crippen molar-refractivity contribution in [2.45, 2.75) is 32.4 Å². The summed E-state index contributed by atoms with van der Waals surface area (Å²) >= 11 is 17.1. The van der Waals surface area contributed by atoms with Crippen LogP contribution in [0.1, 0.15) is 27.7 Å². The molecule has 118 valence electrons. The van der Waals surface area contributed by atoms with Crippen molar-refractivity contribution in [3.05, 3.63) is 0 Å². The minimum atomic E-state index is -1.38. The van der Waals surface area contributed by atoms with E-state index in [-0.39, 0.29) is 4.75 Å². The topological polar surface area (TPSA) is 12.5 Å². The Bertz CT molecular complexity index is 365. The molecule has 1 aliphatic heterocycles. The molecule has 0 aromatic rings. The molecule has 1 saturated heterocycles. The molecule has 1 rings (SSSR count). The SMILES string of the molecule is CCP(=S)(SCSC(=S)N1CCOCC1)SC(C)(C)C. The van der Waals surface area contributed by atoms with Crippen LogP contribution in [0.5, 0.6) is 0 Å². The number of rotatable bonds is 5. The van der Waals surface area contributed by atoms with E-state index in [0.717, 1.165) is 41.9 Å². The normalized spacial score (nSPS) is 19.7. The summed E-state index contributed by atoms with van der Waals surface area (Å²) < 4.78 is 5.22. The number of morpholine rings is 1. The van der Waals surface area contributed by atoms with Crippen LogP contribution in [0.15, 0.2) is 0 Å². The summed E-state index contributed by atoms with van der Waals surface area (Å²) in [5, 5.41) is 0.977. The molecule has 1 heterocycles. The van der Waals surface area contributed by atoms with Gasteiger partial charge in [-0.15, -0.1) is 22.8 Å². The van der Waals surface area contributed by atoms with E-state index in [2.05, 4.69) is 32.6 Å². The van der Waals surface area contributed by atoms with Gasteiger partial charge in [-0.1, -0.05) is 63.5 Å². The van der Waals surface area contributed by atoms with Gasteiger partial charge in [-0.25, -0.2) is 0 Å². The number of ether oxygens (including phenoxy) is 1. The van der Waals surface area contributed by atoms with Gasteiger partial charge in [0.25, 0.3) is 0 Å². The molecule has 0 aliphatic carbocycles. The second-order valence-corrected chi connectivity index (χ2v) is 20.2. The van der Waals surface area contributed by atoms with Gasteiger partial charge >= 0.3 is 0 Å². The highest BCUT2D eigenvalue weighted by Gasteiger charge is 2.25.